The van der Waals surface area contributed by atoms with E-state index >= 15 is 0 Å². The van der Waals surface area contributed by atoms with Crippen LogP contribution in [0.5, 0.6) is 0 Å². The molecule has 0 radical (unpaired) electrons. The molecule has 1 aromatic rings. The highest BCUT2D eigenvalue weighted by Crippen LogP contribution is 2.33. The Bertz CT molecular complexity index is 410. The first-order valence-corrected chi connectivity index (χ1v) is 6.68. The van der Waals surface area contributed by atoms with E-state index in [0.29, 0.717) is 6.42 Å². The van der Waals surface area contributed by atoms with Crippen molar-refractivity contribution >= 4 is 5.97 Å². The van der Waals surface area contributed by atoms with Crippen molar-refractivity contribution in [2.75, 3.05) is 20.3 Å². The van der Waals surface area contributed by atoms with Crippen molar-refractivity contribution in [2.24, 2.45) is 5.92 Å². The Hall–Kier alpha value is -1.42. The third-order valence-electron chi connectivity index (χ3n) is 3.89. The lowest BCUT2D eigenvalue weighted by molar-refractivity contribution is -0.144. The molecule has 3 nitrogen and oxygen atoms in total. The van der Waals surface area contributed by atoms with Crippen LogP contribution in [-0.2, 0) is 9.53 Å². The van der Waals surface area contributed by atoms with Gasteiger partial charge in [-0.25, -0.2) is 0 Å². The van der Waals surface area contributed by atoms with Gasteiger partial charge in [0.2, 0.25) is 0 Å². The standard InChI is InChI=1S/C15H20FNO2/c1-19-15(18)14-9-12(7-8-17-14)13(10-16)11-5-3-2-4-6-11/h2-6,12-14,17H,7-10H2,1H3/t12?,13-,14?/m0/s1. The van der Waals surface area contributed by atoms with Crippen molar-refractivity contribution in [3.8, 4) is 0 Å². The molecular formula is C15H20FNO2. The summed E-state index contributed by atoms with van der Waals surface area (Å²) < 4.78 is 18.2. The Balaban J connectivity index is 2.09. The highest BCUT2D eigenvalue weighted by atomic mass is 19.1. The maximum Gasteiger partial charge on any atom is 0.322 e. The van der Waals surface area contributed by atoms with E-state index in [9.17, 15) is 9.18 Å². The van der Waals surface area contributed by atoms with Gasteiger partial charge in [0, 0.05) is 5.92 Å². The number of esters is 1. The molecule has 0 amide bonds. The number of hydrogen-bond donors (Lipinski definition) is 1. The van der Waals surface area contributed by atoms with Gasteiger partial charge in [0.15, 0.2) is 0 Å². The minimum atomic E-state index is -0.386. The van der Waals surface area contributed by atoms with Crippen molar-refractivity contribution in [3.05, 3.63) is 35.9 Å². The van der Waals surface area contributed by atoms with Gasteiger partial charge < -0.3 is 10.1 Å². The molecule has 1 fully saturated rings. The van der Waals surface area contributed by atoms with E-state index in [1.54, 1.807) is 0 Å². The molecule has 19 heavy (non-hydrogen) atoms. The van der Waals surface area contributed by atoms with Crippen LogP contribution in [0.1, 0.15) is 24.3 Å². The highest BCUT2D eigenvalue weighted by molar-refractivity contribution is 5.75. The van der Waals surface area contributed by atoms with Crippen molar-refractivity contribution in [1.29, 1.82) is 0 Å². The average molecular weight is 265 g/mol. The first-order valence-electron chi connectivity index (χ1n) is 6.68. The lowest BCUT2D eigenvalue weighted by Gasteiger charge is -2.33. The molecule has 1 aromatic carbocycles. The predicted molar refractivity (Wildman–Crippen MR) is 71.7 cm³/mol. The summed E-state index contributed by atoms with van der Waals surface area (Å²) in [5, 5.41) is 3.13. The largest absolute Gasteiger partial charge is 0.468 e. The number of benzene rings is 1. The Labute approximate surface area is 113 Å². The molecule has 1 saturated heterocycles. The van der Waals surface area contributed by atoms with E-state index in [1.807, 2.05) is 30.3 Å². The first kappa shape index (κ1) is 14.0. The minimum absolute atomic E-state index is 0.129. The van der Waals surface area contributed by atoms with E-state index in [-0.39, 0.29) is 30.5 Å². The fourth-order valence-electron chi connectivity index (χ4n) is 2.82. The van der Waals surface area contributed by atoms with Crippen LogP contribution in [0.3, 0.4) is 0 Å². The number of hydrogen-bond acceptors (Lipinski definition) is 3. The Kier molecular flexibility index (Phi) is 4.91. The van der Waals surface area contributed by atoms with E-state index in [2.05, 4.69) is 5.32 Å². The number of rotatable bonds is 4. The molecular weight excluding hydrogens is 245 g/mol. The number of carbonyl (C=O) groups excluding carboxylic acids is 1. The van der Waals surface area contributed by atoms with Gasteiger partial charge in [0.1, 0.15) is 6.04 Å². The second-order valence-electron chi connectivity index (χ2n) is 4.99. The highest BCUT2D eigenvalue weighted by Gasteiger charge is 2.32. The number of methoxy groups -OCH3 is 1. The molecule has 104 valence electrons. The molecule has 0 aromatic heterocycles. The Morgan fingerprint density at radius 2 is 2.21 bits per heavy atom. The van der Waals surface area contributed by atoms with Gasteiger partial charge in [0.05, 0.1) is 13.8 Å². The second-order valence-corrected chi connectivity index (χ2v) is 4.99. The number of piperidine rings is 1. The first-order chi connectivity index (χ1) is 9.26. The molecule has 1 aliphatic rings. The fourth-order valence-corrected chi connectivity index (χ4v) is 2.82. The van der Waals surface area contributed by atoms with E-state index in [1.165, 1.54) is 7.11 Å². The maximum absolute atomic E-state index is 13.4. The smallest absolute Gasteiger partial charge is 0.322 e. The van der Waals surface area contributed by atoms with Crippen LogP contribution in [-0.4, -0.2) is 32.3 Å². The van der Waals surface area contributed by atoms with Crippen molar-refractivity contribution < 1.29 is 13.9 Å². The van der Waals surface area contributed by atoms with Crippen LogP contribution >= 0.6 is 0 Å². The zero-order chi connectivity index (χ0) is 13.7. The number of halogens is 1. The topological polar surface area (TPSA) is 38.3 Å². The van der Waals surface area contributed by atoms with Gasteiger partial charge in [-0.05, 0) is 30.9 Å². The summed E-state index contributed by atoms with van der Waals surface area (Å²) in [6, 6.07) is 9.40. The van der Waals surface area contributed by atoms with Crippen molar-refractivity contribution in [3.63, 3.8) is 0 Å². The molecule has 1 N–H and O–H groups in total. The second kappa shape index (κ2) is 6.66. The molecule has 1 heterocycles. The summed E-state index contributed by atoms with van der Waals surface area (Å²) in [7, 11) is 1.39. The summed E-state index contributed by atoms with van der Waals surface area (Å²) in [6.45, 7) is 0.344. The van der Waals surface area contributed by atoms with E-state index < -0.39 is 0 Å². The fraction of sp³-hybridized carbons (Fsp3) is 0.533. The number of alkyl halides is 1. The summed E-state index contributed by atoms with van der Waals surface area (Å²) in [5.41, 5.74) is 1.01. The quantitative estimate of drug-likeness (QED) is 0.849. The third kappa shape index (κ3) is 3.32. The Morgan fingerprint density at radius 3 is 2.84 bits per heavy atom. The van der Waals surface area contributed by atoms with Crippen LogP contribution in [0.4, 0.5) is 4.39 Å². The van der Waals surface area contributed by atoms with Crippen LogP contribution in [0.25, 0.3) is 0 Å². The summed E-state index contributed by atoms with van der Waals surface area (Å²) in [6.07, 6.45) is 1.52. The zero-order valence-corrected chi connectivity index (χ0v) is 11.1. The molecule has 0 spiro atoms. The number of ether oxygens (including phenoxy) is 1. The molecule has 0 bridgehead atoms. The summed E-state index contributed by atoms with van der Waals surface area (Å²) in [4.78, 5) is 11.6. The Morgan fingerprint density at radius 1 is 1.47 bits per heavy atom. The maximum atomic E-state index is 13.4. The monoisotopic (exact) mass is 265 g/mol. The van der Waals surface area contributed by atoms with Crippen LogP contribution in [0.2, 0.25) is 0 Å². The SMILES string of the molecule is COC(=O)C1CC([C@@H](CF)c2ccccc2)CCN1. The van der Waals surface area contributed by atoms with E-state index in [0.717, 1.165) is 18.5 Å². The zero-order valence-electron chi connectivity index (χ0n) is 11.1. The third-order valence-corrected chi connectivity index (χ3v) is 3.89. The molecule has 0 aliphatic carbocycles. The summed E-state index contributed by atoms with van der Waals surface area (Å²) in [5.74, 6) is -0.205. The van der Waals surface area contributed by atoms with Gasteiger partial charge in [-0.15, -0.1) is 0 Å². The van der Waals surface area contributed by atoms with Gasteiger partial charge in [-0.3, -0.25) is 9.18 Å². The average Bonchev–Trinajstić information content (AvgIpc) is 2.48. The van der Waals surface area contributed by atoms with Crippen molar-refractivity contribution in [2.45, 2.75) is 24.8 Å². The minimum Gasteiger partial charge on any atom is -0.468 e. The molecule has 2 unspecified atom stereocenters. The van der Waals surface area contributed by atoms with E-state index in [4.69, 9.17) is 4.74 Å². The van der Waals surface area contributed by atoms with Crippen LogP contribution in [0.15, 0.2) is 30.3 Å². The van der Waals surface area contributed by atoms with Gasteiger partial charge in [0.25, 0.3) is 0 Å². The predicted octanol–water partition coefficient (Wildman–Crippen LogP) is 2.28. The summed E-state index contributed by atoms with van der Waals surface area (Å²) >= 11 is 0. The number of nitrogens with one attached hydrogen (secondary N) is 1. The molecule has 4 heteroatoms. The molecule has 0 saturated carbocycles. The number of carbonyl (C=O) groups is 1. The molecule has 3 atom stereocenters. The lowest BCUT2D eigenvalue weighted by Crippen LogP contribution is -2.45. The molecule has 2 rings (SSSR count). The molecule has 1 aliphatic heterocycles. The van der Waals surface area contributed by atoms with Gasteiger partial charge >= 0.3 is 5.97 Å². The van der Waals surface area contributed by atoms with Crippen LogP contribution in [0, 0.1) is 5.92 Å². The van der Waals surface area contributed by atoms with Crippen LogP contribution < -0.4 is 5.32 Å². The van der Waals surface area contributed by atoms with Gasteiger partial charge in [-0.1, -0.05) is 30.3 Å². The normalized spacial score (nSPS) is 24.7. The van der Waals surface area contributed by atoms with Gasteiger partial charge in [-0.2, -0.15) is 0 Å². The van der Waals surface area contributed by atoms with Crippen molar-refractivity contribution in [1.82, 2.24) is 5.32 Å². The lowest BCUT2D eigenvalue weighted by atomic mass is 9.79.